The second-order valence-electron chi connectivity index (χ2n) is 3.52. The number of rotatable bonds is 4. The Labute approximate surface area is 92.9 Å². The molecule has 0 aromatic rings. The van der Waals surface area contributed by atoms with Crippen molar-refractivity contribution in [2.24, 2.45) is 4.36 Å². The van der Waals surface area contributed by atoms with Crippen molar-refractivity contribution in [3.8, 4) is 0 Å². The Bertz CT molecular complexity index is 395. The van der Waals surface area contributed by atoms with Gasteiger partial charge in [-0.3, -0.25) is 4.79 Å². The molecular formula is C9H14F3NO2S. The van der Waals surface area contributed by atoms with Gasteiger partial charge in [0.2, 0.25) is 0 Å². The number of carbonyl (C=O) groups is 1. The van der Waals surface area contributed by atoms with Gasteiger partial charge < -0.3 is 0 Å². The van der Waals surface area contributed by atoms with Crippen molar-refractivity contribution >= 4 is 15.5 Å². The highest BCUT2D eigenvalue weighted by atomic mass is 32.2. The lowest BCUT2D eigenvalue weighted by molar-refractivity contribution is -0.165. The summed E-state index contributed by atoms with van der Waals surface area (Å²) in [5.41, 5.74) is -0.0696. The van der Waals surface area contributed by atoms with Gasteiger partial charge in [0.25, 0.3) is 5.78 Å². The summed E-state index contributed by atoms with van der Waals surface area (Å²) in [5.74, 6) is -1.97. The molecule has 0 aliphatic rings. The van der Waals surface area contributed by atoms with Crippen molar-refractivity contribution in [1.29, 1.82) is 0 Å². The lowest BCUT2D eigenvalue weighted by Crippen LogP contribution is -2.20. The Morgan fingerprint density at radius 3 is 2.19 bits per heavy atom. The Kier molecular flexibility index (Phi) is 5.18. The molecule has 0 saturated carbocycles. The Morgan fingerprint density at radius 1 is 1.38 bits per heavy atom. The van der Waals surface area contributed by atoms with Crippen LogP contribution in [0, 0.1) is 0 Å². The van der Waals surface area contributed by atoms with Crippen LogP contribution in [0.1, 0.15) is 19.8 Å². The first-order valence-corrected chi connectivity index (χ1v) is 6.88. The third-order valence-corrected chi connectivity index (χ3v) is 2.09. The molecule has 0 aliphatic heterocycles. The molecule has 3 nitrogen and oxygen atoms in total. The standard InChI is InChI=1S/C9H14F3NO2S/c1-4-5-7(13-16(2,3)15)6-8(14)9(10,11)12/h6H,4-5H2,1-3H3/b7-6+. The van der Waals surface area contributed by atoms with Crippen molar-refractivity contribution in [1.82, 2.24) is 0 Å². The minimum absolute atomic E-state index is 0.0696. The maximum absolute atomic E-state index is 12.0. The van der Waals surface area contributed by atoms with E-state index in [1.54, 1.807) is 6.92 Å². The van der Waals surface area contributed by atoms with Gasteiger partial charge in [-0.2, -0.15) is 13.2 Å². The van der Waals surface area contributed by atoms with Crippen LogP contribution < -0.4 is 0 Å². The van der Waals surface area contributed by atoms with E-state index in [0.717, 1.165) is 0 Å². The number of hydrogen-bond donors (Lipinski definition) is 0. The second kappa shape index (κ2) is 5.47. The zero-order valence-corrected chi connectivity index (χ0v) is 10.1. The first-order valence-electron chi connectivity index (χ1n) is 4.55. The third kappa shape index (κ3) is 6.60. The zero-order chi connectivity index (χ0) is 13.0. The molecule has 0 atom stereocenters. The van der Waals surface area contributed by atoms with Crippen LogP contribution in [-0.4, -0.2) is 28.7 Å². The largest absolute Gasteiger partial charge is 0.454 e. The normalized spacial score (nSPS) is 13.8. The topological polar surface area (TPSA) is 46.5 Å². The molecule has 0 spiro atoms. The van der Waals surface area contributed by atoms with Crippen LogP contribution in [0.2, 0.25) is 0 Å². The molecule has 0 fully saturated rings. The van der Waals surface area contributed by atoms with E-state index >= 15 is 0 Å². The number of ketones is 1. The van der Waals surface area contributed by atoms with Crippen LogP contribution in [0.4, 0.5) is 13.2 Å². The smallest absolute Gasteiger partial charge is 0.285 e. The SMILES string of the molecule is CCC/C(=C\C(=O)C(F)(F)F)N=S(C)(C)=O. The predicted molar refractivity (Wildman–Crippen MR) is 56.5 cm³/mol. The van der Waals surface area contributed by atoms with Crippen molar-refractivity contribution in [2.75, 3.05) is 12.5 Å². The van der Waals surface area contributed by atoms with Gasteiger partial charge >= 0.3 is 6.18 Å². The maximum Gasteiger partial charge on any atom is 0.454 e. The van der Waals surface area contributed by atoms with Gasteiger partial charge in [0.05, 0.1) is 5.70 Å². The van der Waals surface area contributed by atoms with Crippen LogP contribution >= 0.6 is 0 Å². The minimum atomic E-state index is -4.91. The molecule has 0 saturated heterocycles. The van der Waals surface area contributed by atoms with Crippen LogP contribution in [0.15, 0.2) is 16.1 Å². The molecule has 0 aromatic heterocycles. The number of hydrogen-bond acceptors (Lipinski definition) is 3. The van der Waals surface area contributed by atoms with Crippen molar-refractivity contribution in [2.45, 2.75) is 25.9 Å². The highest BCUT2D eigenvalue weighted by Crippen LogP contribution is 2.19. The lowest BCUT2D eigenvalue weighted by Gasteiger charge is -2.04. The molecule has 0 rings (SSSR count). The molecule has 0 amide bonds. The average molecular weight is 257 g/mol. The molecule has 0 N–H and O–H groups in total. The zero-order valence-electron chi connectivity index (χ0n) is 9.30. The van der Waals surface area contributed by atoms with E-state index in [9.17, 15) is 22.2 Å². The van der Waals surface area contributed by atoms with E-state index < -0.39 is 21.7 Å². The van der Waals surface area contributed by atoms with Gasteiger partial charge in [0.1, 0.15) is 0 Å². The summed E-state index contributed by atoms with van der Waals surface area (Å²) in [6, 6.07) is 0. The van der Waals surface area contributed by atoms with Gasteiger partial charge in [0, 0.05) is 28.3 Å². The number of halogens is 3. The van der Waals surface area contributed by atoms with Crippen LogP contribution in [0.3, 0.4) is 0 Å². The van der Waals surface area contributed by atoms with Gasteiger partial charge in [-0.15, -0.1) is 0 Å². The summed E-state index contributed by atoms with van der Waals surface area (Å²) < 4.78 is 50.9. The highest BCUT2D eigenvalue weighted by Gasteiger charge is 2.36. The summed E-state index contributed by atoms with van der Waals surface area (Å²) in [5, 5.41) is 0. The maximum atomic E-state index is 12.0. The van der Waals surface area contributed by atoms with Gasteiger partial charge in [0.15, 0.2) is 0 Å². The quantitative estimate of drug-likeness (QED) is 0.726. The van der Waals surface area contributed by atoms with Crippen LogP contribution in [-0.2, 0) is 14.5 Å². The van der Waals surface area contributed by atoms with Gasteiger partial charge in [-0.1, -0.05) is 13.3 Å². The minimum Gasteiger partial charge on any atom is -0.285 e. The highest BCUT2D eigenvalue weighted by molar-refractivity contribution is 7.92. The van der Waals surface area contributed by atoms with Crippen LogP contribution in [0.5, 0.6) is 0 Å². The number of alkyl halides is 3. The first kappa shape index (κ1) is 15.2. The number of carbonyl (C=O) groups excluding carboxylic acids is 1. The summed E-state index contributed by atoms with van der Waals surface area (Å²) in [6.07, 6.45) is -1.17. The van der Waals surface area contributed by atoms with Gasteiger partial charge in [-0.25, -0.2) is 8.57 Å². The summed E-state index contributed by atoms with van der Waals surface area (Å²) in [4.78, 5) is 10.7. The van der Waals surface area contributed by atoms with E-state index in [4.69, 9.17) is 0 Å². The van der Waals surface area contributed by atoms with E-state index in [-0.39, 0.29) is 12.1 Å². The predicted octanol–water partition coefficient (Wildman–Crippen LogP) is 2.53. The van der Waals surface area contributed by atoms with Crippen molar-refractivity contribution in [3.05, 3.63) is 11.8 Å². The molecule has 0 aliphatic carbocycles. The fraction of sp³-hybridized carbons (Fsp3) is 0.667. The van der Waals surface area contributed by atoms with Crippen LogP contribution in [0.25, 0.3) is 0 Å². The van der Waals surface area contributed by atoms with E-state index in [1.807, 2.05) is 0 Å². The van der Waals surface area contributed by atoms with E-state index in [0.29, 0.717) is 12.5 Å². The number of nitrogens with zero attached hydrogens (tertiary/aromatic N) is 1. The van der Waals surface area contributed by atoms with Gasteiger partial charge in [-0.05, 0) is 6.42 Å². The summed E-state index contributed by atoms with van der Waals surface area (Å²) in [6.45, 7) is 1.73. The molecule has 16 heavy (non-hydrogen) atoms. The molecule has 7 heteroatoms. The fourth-order valence-corrected chi connectivity index (χ4v) is 1.62. The second-order valence-corrected chi connectivity index (χ2v) is 6.07. The van der Waals surface area contributed by atoms with Crippen molar-refractivity contribution in [3.63, 3.8) is 0 Å². The Hall–Kier alpha value is -0.850. The molecule has 0 radical (unpaired) electrons. The molecule has 0 bridgehead atoms. The average Bonchev–Trinajstić information content (AvgIpc) is 1.99. The molecular weight excluding hydrogens is 243 g/mol. The lowest BCUT2D eigenvalue weighted by atomic mass is 10.2. The monoisotopic (exact) mass is 257 g/mol. The summed E-state index contributed by atoms with van der Waals surface area (Å²) in [7, 11) is -2.55. The van der Waals surface area contributed by atoms with Crippen molar-refractivity contribution < 1.29 is 22.2 Å². The van der Waals surface area contributed by atoms with E-state index in [1.165, 1.54) is 12.5 Å². The summed E-state index contributed by atoms with van der Waals surface area (Å²) >= 11 is 0. The molecule has 94 valence electrons. The Balaban J connectivity index is 5.17. The molecule has 0 heterocycles. The molecule has 0 unspecified atom stereocenters. The fourth-order valence-electron chi connectivity index (χ4n) is 0.916. The van der Waals surface area contributed by atoms with E-state index in [2.05, 4.69) is 4.36 Å². The first-order chi connectivity index (χ1) is 7.06. The number of allylic oxidation sites excluding steroid dienone is 2. The Morgan fingerprint density at radius 2 is 1.88 bits per heavy atom. The molecule has 0 aromatic carbocycles. The third-order valence-electron chi connectivity index (χ3n) is 1.42.